The number of benzene rings is 1. The van der Waals surface area contributed by atoms with Gasteiger partial charge in [0.1, 0.15) is 0 Å². The Morgan fingerprint density at radius 2 is 1.90 bits per heavy atom. The molecule has 1 aromatic rings. The molecule has 1 aliphatic heterocycles. The van der Waals surface area contributed by atoms with Crippen LogP contribution in [0.5, 0.6) is 0 Å². The van der Waals surface area contributed by atoms with E-state index in [2.05, 4.69) is 5.32 Å². The topological polar surface area (TPSA) is 49.4 Å². The maximum Gasteiger partial charge on any atom is 0.246 e. The first-order valence-corrected chi connectivity index (χ1v) is 7.41. The minimum absolute atomic E-state index is 0.0132. The van der Waals surface area contributed by atoms with Gasteiger partial charge in [0.15, 0.2) is 0 Å². The van der Waals surface area contributed by atoms with E-state index in [-0.39, 0.29) is 11.8 Å². The van der Waals surface area contributed by atoms with Crippen LogP contribution in [-0.2, 0) is 9.59 Å². The number of hydrogen-bond donors (Lipinski definition) is 1. The van der Waals surface area contributed by atoms with Crippen molar-refractivity contribution in [1.82, 2.24) is 10.2 Å². The zero-order chi connectivity index (χ0) is 15.1. The van der Waals surface area contributed by atoms with Gasteiger partial charge in [-0.3, -0.25) is 9.59 Å². The van der Waals surface area contributed by atoms with Gasteiger partial charge in [-0.05, 0) is 30.4 Å². The summed E-state index contributed by atoms with van der Waals surface area (Å²) < 4.78 is 0. The molecule has 0 bridgehead atoms. The molecule has 21 heavy (non-hydrogen) atoms. The van der Waals surface area contributed by atoms with Crippen LogP contribution >= 0.6 is 0 Å². The number of hydrogen-bond acceptors (Lipinski definition) is 2. The highest BCUT2D eigenvalue weighted by Crippen LogP contribution is 2.17. The van der Waals surface area contributed by atoms with Crippen molar-refractivity contribution < 1.29 is 9.59 Å². The molecule has 1 aliphatic rings. The summed E-state index contributed by atoms with van der Waals surface area (Å²) in [7, 11) is 0. The molecule has 1 heterocycles. The molecule has 1 fully saturated rings. The van der Waals surface area contributed by atoms with Crippen molar-refractivity contribution >= 4 is 17.9 Å². The third-order valence-corrected chi connectivity index (χ3v) is 3.78. The predicted octanol–water partition coefficient (Wildman–Crippen LogP) is 2.07. The van der Waals surface area contributed by atoms with Gasteiger partial charge in [0.2, 0.25) is 11.8 Å². The molecule has 1 saturated heterocycles. The highest BCUT2D eigenvalue weighted by molar-refractivity contribution is 5.91. The maximum absolute atomic E-state index is 12.1. The lowest BCUT2D eigenvalue weighted by atomic mass is 9.96. The fourth-order valence-electron chi connectivity index (χ4n) is 2.48. The van der Waals surface area contributed by atoms with E-state index in [9.17, 15) is 9.59 Å². The number of likely N-dealkylation sites (tertiary alicyclic amines) is 1. The molecule has 0 spiro atoms. The van der Waals surface area contributed by atoms with Crippen LogP contribution in [-0.4, -0.2) is 36.3 Å². The molecule has 112 valence electrons. The quantitative estimate of drug-likeness (QED) is 0.862. The van der Waals surface area contributed by atoms with Crippen molar-refractivity contribution in [2.45, 2.75) is 19.8 Å². The van der Waals surface area contributed by atoms with Crippen molar-refractivity contribution in [3.8, 4) is 0 Å². The van der Waals surface area contributed by atoms with Crippen LogP contribution in [0, 0.1) is 5.92 Å². The third kappa shape index (κ3) is 5.06. The second-order valence-electron chi connectivity index (χ2n) is 5.45. The zero-order valence-electron chi connectivity index (χ0n) is 12.4. The molecule has 0 aliphatic carbocycles. The SMILES string of the molecule is CC(=O)NCC1CCN(C(=O)C=Cc2ccccc2)CC1. The molecule has 2 rings (SSSR count). The molecule has 0 aromatic heterocycles. The van der Waals surface area contributed by atoms with E-state index in [4.69, 9.17) is 0 Å². The summed E-state index contributed by atoms with van der Waals surface area (Å²) in [6.45, 7) is 3.79. The van der Waals surface area contributed by atoms with Crippen LogP contribution in [0.2, 0.25) is 0 Å². The standard InChI is InChI=1S/C17H22N2O2/c1-14(20)18-13-16-9-11-19(12-10-16)17(21)8-7-15-5-3-2-4-6-15/h2-8,16H,9-13H2,1H3,(H,18,20). The van der Waals surface area contributed by atoms with E-state index < -0.39 is 0 Å². The Labute approximate surface area is 125 Å². The van der Waals surface area contributed by atoms with Crippen molar-refractivity contribution in [3.63, 3.8) is 0 Å². The molecular formula is C17H22N2O2. The minimum Gasteiger partial charge on any atom is -0.356 e. The van der Waals surface area contributed by atoms with Gasteiger partial charge in [0.05, 0.1) is 0 Å². The summed E-state index contributed by atoms with van der Waals surface area (Å²) in [5.41, 5.74) is 1.03. The summed E-state index contributed by atoms with van der Waals surface area (Å²) in [6, 6.07) is 9.82. The van der Waals surface area contributed by atoms with Gasteiger partial charge >= 0.3 is 0 Å². The number of nitrogens with zero attached hydrogens (tertiary/aromatic N) is 1. The number of carbonyl (C=O) groups excluding carboxylic acids is 2. The van der Waals surface area contributed by atoms with Crippen molar-refractivity contribution in [2.75, 3.05) is 19.6 Å². The third-order valence-electron chi connectivity index (χ3n) is 3.78. The fourth-order valence-corrected chi connectivity index (χ4v) is 2.48. The van der Waals surface area contributed by atoms with E-state index in [1.807, 2.05) is 41.3 Å². The van der Waals surface area contributed by atoms with Gasteiger partial charge < -0.3 is 10.2 Å². The number of nitrogens with one attached hydrogen (secondary N) is 1. The van der Waals surface area contributed by atoms with E-state index in [0.717, 1.165) is 38.0 Å². The van der Waals surface area contributed by atoms with E-state index in [0.29, 0.717) is 5.92 Å². The normalized spacial score (nSPS) is 16.1. The summed E-state index contributed by atoms with van der Waals surface area (Å²) in [5.74, 6) is 0.562. The number of piperidine rings is 1. The van der Waals surface area contributed by atoms with Crippen LogP contribution in [0.1, 0.15) is 25.3 Å². The van der Waals surface area contributed by atoms with Gasteiger partial charge in [0.25, 0.3) is 0 Å². The lowest BCUT2D eigenvalue weighted by Crippen LogP contribution is -2.40. The lowest BCUT2D eigenvalue weighted by molar-refractivity contribution is -0.127. The lowest BCUT2D eigenvalue weighted by Gasteiger charge is -2.31. The van der Waals surface area contributed by atoms with Gasteiger partial charge in [-0.25, -0.2) is 0 Å². The molecule has 1 N–H and O–H groups in total. The Morgan fingerprint density at radius 3 is 2.52 bits per heavy atom. The highest BCUT2D eigenvalue weighted by atomic mass is 16.2. The molecule has 0 atom stereocenters. The molecule has 4 nitrogen and oxygen atoms in total. The molecular weight excluding hydrogens is 264 g/mol. The highest BCUT2D eigenvalue weighted by Gasteiger charge is 2.21. The summed E-state index contributed by atoms with van der Waals surface area (Å²) in [5, 5.41) is 2.85. The first-order valence-electron chi connectivity index (χ1n) is 7.41. The van der Waals surface area contributed by atoms with Gasteiger partial charge in [0, 0.05) is 32.6 Å². The first-order chi connectivity index (χ1) is 10.1. The summed E-state index contributed by atoms with van der Waals surface area (Å²) in [6.07, 6.45) is 5.39. The molecule has 0 saturated carbocycles. The molecule has 0 radical (unpaired) electrons. The Bertz CT molecular complexity index is 503. The largest absolute Gasteiger partial charge is 0.356 e. The van der Waals surface area contributed by atoms with Crippen LogP contribution < -0.4 is 5.32 Å². The van der Waals surface area contributed by atoms with Crippen LogP contribution in [0.3, 0.4) is 0 Å². The first kappa shape index (κ1) is 15.3. The smallest absolute Gasteiger partial charge is 0.246 e. The predicted molar refractivity (Wildman–Crippen MR) is 83.5 cm³/mol. The van der Waals surface area contributed by atoms with Gasteiger partial charge in [-0.15, -0.1) is 0 Å². The van der Waals surface area contributed by atoms with Gasteiger partial charge in [-0.1, -0.05) is 30.3 Å². The second kappa shape index (κ2) is 7.62. The molecule has 4 heteroatoms. The molecule has 1 aromatic carbocycles. The van der Waals surface area contributed by atoms with Crippen LogP contribution in [0.4, 0.5) is 0 Å². The van der Waals surface area contributed by atoms with E-state index in [1.165, 1.54) is 6.92 Å². The maximum atomic E-state index is 12.1. The van der Waals surface area contributed by atoms with Crippen molar-refractivity contribution in [2.24, 2.45) is 5.92 Å². The Kier molecular flexibility index (Phi) is 5.55. The summed E-state index contributed by atoms with van der Waals surface area (Å²) >= 11 is 0. The summed E-state index contributed by atoms with van der Waals surface area (Å²) in [4.78, 5) is 24.9. The number of amides is 2. The van der Waals surface area contributed by atoms with Crippen molar-refractivity contribution in [3.05, 3.63) is 42.0 Å². The molecule has 2 amide bonds. The van der Waals surface area contributed by atoms with Gasteiger partial charge in [-0.2, -0.15) is 0 Å². The second-order valence-corrected chi connectivity index (χ2v) is 5.45. The van der Waals surface area contributed by atoms with E-state index >= 15 is 0 Å². The fraction of sp³-hybridized carbons (Fsp3) is 0.412. The Balaban J connectivity index is 1.78. The van der Waals surface area contributed by atoms with Crippen LogP contribution in [0.15, 0.2) is 36.4 Å². The van der Waals surface area contributed by atoms with Crippen molar-refractivity contribution in [1.29, 1.82) is 0 Å². The Morgan fingerprint density at radius 1 is 1.24 bits per heavy atom. The molecule has 0 unspecified atom stereocenters. The average Bonchev–Trinajstić information content (AvgIpc) is 2.52. The zero-order valence-corrected chi connectivity index (χ0v) is 12.4. The number of carbonyl (C=O) groups is 2. The average molecular weight is 286 g/mol. The number of rotatable bonds is 4. The van der Waals surface area contributed by atoms with Crippen LogP contribution in [0.25, 0.3) is 6.08 Å². The monoisotopic (exact) mass is 286 g/mol. The van der Waals surface area contributed by atoms with E-state index in [1.54, 1.807) is 6.08 Å². The minimum atomic E-state index is 0.0132. The Hall–Kier alpha value is -2.10.